The first-order valence-corrected chi connectivity index (χ1v) is 49.6. The van der Waals surface area contributed by atoms with Crippen molar-refractivity contribution in [1.82, 2.24) is 21.3 Å². The zero-order valence-electron chi connectivity index (χ0n) is 78.3. The van der Waals surface area contributed by atoms with Crippen LogP contribution in [0.2, 0.25) is 0 Å². The quantitative estimate of drug-likeness (QED) is 0.0124. The molecule has 0 saturated carbocycles. The lowest BCUT2D eigenvalue weighted by atomic mass is 9.89. The Morgan fingerprint density at radius 3 is 0.978 bits per heavy atom. The van der Waals surface area contributed by atoms with Gasteiger partial charge in [-0.05, 0) is 198 Å². The number of rotatable bonds is 58. The third kappa shape index (κ3) is 40.1. The Kier molecular flexibility index (Phi) is 51.0. The summed E-state index contributed by atoms with van der Waals surface area (Å²) in [4.78, 5) is 176. The molecule has 27 nitrogen and oxygen atoms in total. The second-order valence-corrected chi connectivity index (χ2v) is 36.3. The number of carbonyl (C=O) groups excluding carboxylic acids is 10. The average molecular weight is 1970 g/mol. The van der Waals surface area contributed by atoms with E-state index in [-0.39, 0.29) is 140 Å². The standard InChI is InChI=1S/C32H38N2O6S.C32H38N2O5S.2C22H28N2O4S/c33-15-4-3-10-29(30(37)19-25(20-41)32(39)40)34-31(38)24(16-21-11-13-26(35)14-12-21)18-27(36)17-23-8-5-7-22-6-1-2-9-28(22)23;33-16-7-6-15-29(30(36)20-26(21-40)32(38)39)34-31(37)25(17-22-9-2-1-3-10-22)19-27(35)18-24-13-8-12-23-11-4-5-14-28(23)24;23-10-4-3-7-20(22(27)28)24-21(26)18(14-29)13-19(25)12-15-8-9-16-5-1-2-6-17(16)11-15;23-10-4-3-7-18(21(26)24-20(14-29)22(27)28)13-19(25)12-15-8-9-16-5-1-2-6-17(16)11-15/h1-2,5-9,11-14,24-25,29,35,41H,3-4,10,15-20,33H2,(H,34,38)(H,39,40);1-5,8-14,25-26,29,40H,6-7,15-21,33H2,(H,34,37)(H,38,39);2*1-2,5-6,8-9,11,18,20,29H,3-4,7,10,12-14,23H2,(H,24,26)(H,27,28)/t24?,25?,29-;25?,26?,29-;2*18?,20-/m0000/s1. The monoisotopic (exact) mass is 1970 g/mol. The minimum atomic E-state index is -1.14. The Bertz CT molecular complexity index is 5700. The number of carboxylic acid groups (broad SMARTS) is 4. The maximum Gasteiger partial charge on any atom is 0.327 e. The number of phenolic OH excluding ortho intramolecular Hbond substituents is 1. The number of nitrogens with two attached hydrogens (primary N) is 4. The molecule has 0 fully saturated rings. The molecule has 10 aromatic rings. The van der Waals surface area contributed by atoms with E-state index < -0.39 is 101 Å². The fourth-order valence-corrected chi connectivity index (χ4v) is 17.3. The van der Waals surface area contributed by atoms with Crippen LogP contribution in [0.5, 0.6) is 5.75 Å². The van der Waals surface area contributed by atoms with Crippen molar-refractivity contribution < 1.29 is 92.7 Å². The van der Waals surface area contributed by atoms with Gasteiger partial charge < -0.3 is 69.7 Å². The number of benzene rings is 10. The molecule has 0 spiro atoms. The smallest absolute Gasteiger partial charge is 0.327 e. The van der Waals surface area contributed by atoms with Gasteiger partial charge in [0.05, 0.1) is 29.8 Å². The average Bonchev–Trinajstić information content (AvgIpc) is 0.835. The Morgan fingerprint density at radius 2 is 0.583 bits per heavy atom. The topological polar surface area (TPSA) is 492 Å². The summed E-state index contributed by atoms with van der Waals surface area (Å²) in [6.45, 7) is 1.86. The van der Waals surface area contributed by atoms with Crippen molar-refractivity contribution in [1.29, 1.82) is 0 Å². The van der Waals surface area contributed by atoms with Crippen molar-refractivity contribution in [2.75, 3.05) is 49.2 Å². The number of fused-ring (bicyclic) bond motifs is 4. The third-order valence-electron chi connectivity index (χ3n) is 24.0. The van der Waals surface area contributed by atoms with Crippen LogP contribution in [-0.4, -0.2) is 181 Å². The number of aliphatic carboxylic acids is 4. The maximum atomic E-state index is 13.6. The van der Waals surface area contributed by atoms with Gasteiger partial charge in [0, 0.05) is 105 Å². The van der Waals surface area contributed by atoms with Crippen molar-refractivity contribution in [2.24, 2.45) is 58.4 Å². The summed E-state index contributed by atoms with van der Waals surface area (Å²) in [5.41, 5.74) is 27.4. The Balaban J connectivity index is 0.000000255. The van der Waals surface area contributed by atoms with Crippen LogP contribution in [0.3, 0.4) is 0 Å². The third-order valence-corrected chi connectivity index (χ3v) is 25.7. The highest BCUT2D eigenvalue weighted by Gasteiger charge is 2.35. The molecule has 0 aliphatic heterocycles. The SMILES string of the molecule is NCCCCC(CC(=O)Cc1ccc2ccccc2c1)C(=O)N[C@@H](CS)C(=O)O.NCCCC[C@H](NC(=O)C(CC(=O)Cc1cccc2ccccc12)Cc1ccc(O)cc1)C(=O)CC(CS)C(=O)O.NCCCC[C@H](NC(=O)C(CC(=O)Cc1cccc2ccccc12)Cc1ccccc1)C(=O)CC(CS)C(=O)O.NCCCC[C@H](NC(=O)C(CS)CC(=O)Cc1ccc2ccccc2c1)C(=O)O. The molecule has 4 amide bonds. The summed E-state index contributed by atoms with van der Waals surface area (Å²) in [6.07, 6.45) is 7.69. The molecule has 31 heteroatoms. The van der Waals surface area contributed by atoms with E-state index >= 15 is 0 Å². The molecule has 0 aliphatic rings. The van der Waals surface area contributed by atoms with Gasteiger partial charge in [-0.2, -0.15) is 50.5 Å². The normalized spacial score (nSPS) is 13.2. The van der Waals surface area contributed by atoms with Crippen LogP contribution in [0.1, 0.15) is 149 Å². The molecular weight excluding hydrogens is 1840 g/mol. The summed E-state index contributed by atoms with van der Waals surface area (Å²) in [7, 11) is 0. The molecule has 0 aliphatic carbocycles. The maximum absolute atomic E-state index is 13.6. The second-order valence-electron chi connectivity index (χ2n) is 34.9. The fourth-order valence-electron chi connectivity index (χ4n) is 16.2. The first-order chi connectivity index (χ1) is 66.9. The number of carboxylic acids is 4. The molecule has 0 saturated heterocycles. The van der Waals surface area contributed by atoms with Gasteiger partial charge in [0.15, 0.2) is 11.6 Å². The molecule has 6 unspecified atom stereocenters. The summed E-state index contributed by atoms with van der Waals surface area (Å²) in [5, 5.41) is 66.0. The van der Waals surface area contributed by atoms with Crippen molar-refractivity contribution in [2.45, 2.75) is 178 Å². The number of amides is 4. The van der Waals surface area contributed by atoms with Gasteiger partial charge in [-0.25, -0.2) is 9.59 Å². The van der Waals surface area contributed by atoms with E-state index in [2.05, 4.69) is 71.8 Å². The minimum Gasteiger partial charge on any atom is -0.508 e. The van der Waals surface area contributed by atoms with Crippen LogP contribution in [0.4, 0.5) is 0 Å². The number of unbranched alkanes of at least 4 members (excludes halogenated alkanes) is 4. The number of aromatic hydroxyl groups is 1. The molecule has 0 bridgehead atoms. The number of ketones is 6. The zero-order valence-corrected chi connectivity index (χ0v) is 81.9. The van der Waals surface area contributed by atoms with Crippen LogP contribution in [0.25, 0.3) is 43.1 Å². The van der Waals surface area contributed by atoms with Crippen LogP contribution in [-0.2, 0) is 106 Å². The summed E-state index contributed by atoms with van der Waals surface area (Å²) >= 11 is 16.3. The molecule has 742 valence electrons. The van der Waals surface area contributed by atoms with Gasteiger partial charge in [-0.1, -0.05) is 219 Å². The molecule has 10 atom stereocenters. The predicted octanol–water partition coefficient (Wildman–Crippen LogP) is 13.7. The Morgan fingerprint density at radius 1 is 0.266 bits per heavy atom. The van der Waals surface area contributed by atoms with Crippen LogP contribution < -0.4 is 44.2 Å². The Labute approximate surface area is 833 Å². The van der Waals surface area contributed by atoms with Gasteiger partial charge in [0.25, 0.3) is 0 Å². The van der Waals surface area contributed by atoms with Crippen LogP contribution in [0, 0.1) is 35.5 Å². The highest BCUT2D eigenvalue weighted by atomic mass is 32.1. The minimum absolute atomic E-state index is 0.00329. The van der Waals surface area contributed by atoms with Crippen molar-refractivity contribution in [3.05, 3.63) is 258 Å². The summed E-state index contributed by atoms with van der Waals surface area (Å²) in [6, 6.07) is 67.0. The van der Waals surface area contributed by atoms with E-state index in [1.807, 2.05) is 200 Å². The highest BCUT2D eigenvalue weighted by Crippen LogP contribution is 2.28. The Hall–Kier alpha value is -11.9. The molecule has 10 aromatic carbocycles. The number of thiol groups is 4. The predicted molar refractivity (Wildman–Crippen MR) is 557 cm³/mol. The summed E-state index contributed by atoms with van der Waals surface area (Å²) in [5.74, 6) is -11.6. The van der Waals surface area contributed by atoms with E-state index in [1.54, 1.807) is 12.1 Å². The summed E-state index contributed by atoms with van der Waals surface area (Å²) < 4.78 is 0. The molecule has 10 rings (SSSR count). The largest absolute Gasteiger partial charge is 0.508 e. The van der Waals surface area contributed by atoms with Gasteiger partial charge in [0.2, 0.25) is 23.6 Å². The van der Waals surface area contributed by atoms with Crippen LogP contribution >= 0.6 is 50.5 Å². The van der Waals surface area contributed by atoms with Crippen LogP contribution in [0.15, 0.2) is 224 Å². The lowest BCUT2D eigenvalue weighted by Gasteiger charge is -2.23. The lowest BCUT2D eigenvalue weighted by molar-refractivity contribution is -0.143. The van der Waals surface area contributed by atoms with Gasteiger partial charge >= 0.3 is 23.9 Å². The number of nitrogens with one attached hydrogen (secondary N) is 4. The highest BCUT2D eigenvalue weighted by molar-refractivity contribution is 7.80. The van der Waals surface area contributed by atoms with E-state index in [9.17, 15) is 87.5 Å². The number of phenols is 1. The van der Waals surface area contributed by atoms with E-state index in [0.29, 0.717) is 103 Å². The fraction of sp³-hybridized carbons (Fsp3) is 0.389. The van der Waals surface area contributed by atoms with Crippen molar-refractivity contribution in [3.8, 4) is 5.75 Å². The zero-order chi connectivity index (χ0) is 101. The van der Waals surface area contributed by atoms with Gasteiger partial charge in [-0.15, -0.1) is 0 Å². The van der Waals surface area contributed by atoms with Crippen molar-refractivity contribution in [3.63, 3.8) is 0 Å². The first kappa shape index (κ1) is 114. The molecule has 17 N–H and O–H groups in total. The molecular formula is C108H132N8O19S4. The molecule has 139 heavy (non-hydrogen) atoms. The van der Waals surface area contributed by atoms with E-state index in [0.717, 1.165) is 82.9 Å². The molecule has 0 radical (unpaired) electrons. The number of Topliss-reactive ketones (excluding diaryl/α,β-unsaturated/α-hetero) is 6. The lowest BCUT2D eigenvalue weighted by Crippen LogP contribution is -2.45. The first-order valence-electron chi connectivity index (χ1n) is 47.1. The molecule has 0 aromatic heterocycles. The van der Waals surface area contributed by atoms with Gasteiger partial charge in [0.1, 0.15) is 41.0 Å². The second kappa shape index (κ2) is 62.2. The number of hydrogen-bond donors (Lipinski definition) is 17. The number of carbonyl (C=O) groups is 14. The number of hydrogen-bond acceptors (Lipinski definition) is 23. The van der Waals surface area contributed by atoms with Crippen molar-refractivity contribution >= 4 is 176 Å². The van der Waals surface area contributed by atoms with Gasteiger partial charge in [-0.3, -0.25) is 57.5 Å². The van der Waals surface area contributed by atoms with E-state index in [1.165, 1.54) is 12.1 Å². The van der Waals surface area contributed by atoms with E-state index in [4.69, 9.17) is 28.0 Å². The molecule has 0 heterocycles.